The van der Waals surface area contributed by atoms with Crippen LogP contribution in [0.2, 0.25) is 0 Å². The molecule has 2 aromatic rings. The summed E-state index contributed by atoms with van der Waals surface area (Å²) in [5, 5.41) is 12.8. The van der Waals surface area contributed by atoms with Crippen LogP contribution in [0.4, 0.5) is 0 Å². The Morgan fingerprint density at radius 3 is 2.85 bits per heavy atom. The minimum atomic E-state index is -0.0218. The zero-order valence-electron chi connectivity index (χ0n) is 12.5. The fourth-order valence-electron chi connectivity index (χ4n) is 2.08. The smallest absolute Gasteiger partial charge is 0.0994 e. The van der Waals surface area contributed by atoms with Crippen molar-refractivity contribution in [1.29, 1.82) is 0 Å². The lowest BCUT2D eigenvalue weighted by Crippen LogP contribution is -2.10. The fraction of sp³-hybridized carbons (Fsp3) is 0.643. The second-order valence-corrected chi connectivity index (χ2v) is 5.28. The molecule has 2 heterocycles. The van der Waals surface area contributed by atoms with E-state index in [9.17, 15) is 0 Å². The average molecular weight is 276 g/mol. The summed E-state index contributed by atoms with van der Waals surface area (Å²) in [6.45, 7) is 7.07. The van der Waals surface area contributed by atoms with Crippen LogP contribution in [0.15, 0.2) is 18.5 Å². The van der Waals surface area contributed by atoms with Gasteiger partial charge < -0.3 is 5.73 Å². The monoisotopic (exact) mass is 276 g/mol. The number of rotatable bonds is 7. The second-order valence-electron chi connectivity index (χ2n) is 5.28. The molecule has 2 unspecified atom stereocenters. The zero-order chi connectivity index (χ0) is 14.5. The molecule has 20 heavy (non-hydrogen) atoms. The third-order valence-electron chi connectivity index (χ3n) is 3.57. The van der Waals surface area contributed by atoms with Crippen molar-refractivity contribution in [2.45, 2.75) is 58.7 Å². The van der Waals surface area contributed by atoms with Crippen LogP contribution >= 0.6 is 0 Å². The average Bonchev–Trinajstić information content (AvgIpc) is 3.08. The van der Waals surface area contributed by atoms with Crippen LogP contribution in [0.3, 0.4) is 0 Å². The Labute approximate surface area is 120 Å². The van der Waals surface area contributed by atoms with Gasteiger partial charge in [-0.05, 0) is 25.8 Å². The maximum absolute atomic E-state index is 6.04. The maximum atomic E-state index is 6.04. The van der Waals surface area contributed by atoms with Gasteiger partial charge in [-0.15, -0.1) is 5.10 Å². The van der Waals surface area contributed by atoms with Crippen molar-refractivity contribution < 1.29 is 0 Å². The molecule has 0 saturated heterocycles. The lowest BCUT2D eigenvalue weighted by atomic mass is 10.1. The van der Waals surface area contributed by atoms with Crippen molar-refractivity contribution in [3.63, 3.8) is 0 Å². The van der Waals surface area contributed by atoms with E-state index in [0.717, 1.165) is 30.7 Å². The third-order valence-corrected chi connectivity index (χ3v) is 3.57. The van der Waals surface area contributed by atoms with Gasteiger partial charge in [0.05, 0.1) is 30.2 Å². The van der Waals surface area contributed by atoms with Crippen LogP contribution in [0.1, 0.15) is 63.5 Å². The summed E-state index contributed by atoms with van der Waals surface area (Å²) in [6, 6.07) is 2.43. The highest BCUT2D eigenvalue weighted by Gasteiger charge is 2.11. The van der Waals surface area contributed by atoms with Crippen molar-refractivity contribution in [3.8, 4) is 0 Å². The van der Waals surface area contributed by atoms with E-state index in [2.05, 4.69) is 36.2 Å². The molecule has 0 fully saturated rings. The summed E-state index contributed by atoms with van der Waals surface area (Å²) in [4.78, 5) is 0. The fourth-order valence-corrected chi connectivity index (χ4v) is 2.08. The first-order valence-corrected chi connectivity index (χ1v) is 7.33. The van der Waals surface area contributed by atoms with Crippen LogP contribution in [0.25, 0.3) is 0 Å². The quantitative estimate of drug-likeness (QED) is 0.842. The number of hydrogen-bond acceptors (Lipinski definition) is 4. The van der Waals surface area contributed by atoms with Gasteiger partial charge in [-0.2, -0.15) is 5.10 Å². The van der Waals surface area contributed by atoms with E-state index in [0.29, 0.717) is 12.6 Å². The van der Waals surface area contributed by atoms with Crippen molar-refractivity contribution in [2.75, 3.05) is 0 Å². The van der Waals surface area contributed by atoms with Gasteiger partial charge in [0, 0.05) is 12.2 Å². The number of nitrogens with two attached hydrogens (primary N) is 1. The van der Waals surface area contributed by atoms with Crippen molar-refractivity contribution in [3.05, 3.63) is 29.8 Å². The van der Waals surface area contributed by atoms with Gasteiger partial charge in [0.15, 0.2) is 0 Å². The molecule has 0 radical (unpaired) electrons. The summed E-state index contributed by atoms with van der Waals surface area (Å²) < 4.78 is 3.80. The van der Waals surface area contributed by atoms with Gasteiger partial charge in [0.1, 0.15) is 0 Å². The molecule has 0 aliphatic heterocycles. The molecule has 6 nitrogen and oxygen atoms in total. The standard InChI is InChI=1S/C14H24N6/c1-4-6-13(15)14-10-19(18-16-14)9-12-7-8-20(17-12)11(3)5-2/h7-8,10-11,13H,4-6,9,15H2,1-3H3. The second kappa shape index (κ2) is 6.65. The lowest BCUT2D eigenvalue weighted by Gasteiger charge is -2.08. The molecule has 2 atom stereocenters. The maximum Gasteiger partial charge on any atom is 0.0994 e. The van der Waals surface area contributed by atoms with E-state index in [4.69, 9.17) is 5.73 Å². The number of aromatic nitrogens is 5. The normalized spacial score (nSPS) is 14.4. The predicted octanol–water partition coefficient (Wildman–Crippen LogP) is 2.29. The SMILES string of the molecule is CCCC(N)c1cn(Cc2ccn(C(C)CC)n2)nn1. The van der Waals surface area contributed by atoms with Crippen molar-refractivity contribution in [1.82, 2.24) is 24.8 Å². The summed E-state index contributed by atoms with van der Waals surface area (Å²) in [7, 11) is 0. The Bertz CT molecular complexity index is 529. The third kappa shape index (κ3) is 3.45. The minimum Gasteiger partial charge on any atom is -0.323 e. The first-order chi connectivity index (χ1) is 9.63. The van der Waals surface area contributed by atoms with Gasteiger partial charge in [-0.25, -0.2) is 4.68 Å². The summed E-state index contributed by atoms with van der Waals surface area (Å²) in [6.07, 6.45) is 6.99. The number of hydrogen-bond donors (Lipinski definition) is 1. The highest BCUT2D eigenvalue weighted by molar-refractivity contribution is 5.03. The van der Waals surface area contributed by atoms with Gasteiger partial charge in [-0.3, -0.25) is 4.68 Å². The highest BCUT2D eigenvalue weighted by atomic mass is 15.4. The molecule has 0 aromatic carbocycles. The Kier molecular flexibility index (Phi) is 4.89. The molecule has 2 aromatic heterocycles. The van der Waals surface area contributed by atoms with Crippen molar-refractivity contribution in [2.24, 2.45) is 5.73 Å². The van der Waals surface area contributed by atoms with Crippen LogP contribution in [-0.4, -0.2) is 24.8 Å². The molecule has 0 saturated carbocycles. The Morgan fingerprint density at radius 1 is 1.35 bits per heavy atom. The molecule has 2 rings (SSSR count). The van der Waals surface area contributed by atoms with Gasteiger partial charge in [-0.1, -0.05) is 25.5 Å². The Morgan fingerprint density at radius 2 is 2.15 bits per heavy atom. The van der Waals surface area contributed by atoms with E-state index >= 15 is 0 Å². The van der Waals surface area contributed by atoms with Gasteiger partial charge >= 0.3 is 0 Å². The van der Waals surface area contributed by atoms with E-state index < -0.39 is 0 Å². The van der Waals surface area contributed by atoms with Crippen LogP contribution in [0, 0.1) is 0 Å². The van der Waals surface area contributed by atoms with E-state index in [-0.39, 0.29) is 6.04 Å². The van der Waals surface area contributed by atoms with Crippen molar-refractivity contribution >= 4 is 0 Å². The highest BCUT2D eigenvalue weighted by Crippen LogP contribution is 2.13. The predicted molar refractivity (Wildman–Crippen MR) is 78.2 cm³/mol. The lowest BCUT2D eigenvalue weighted by molar-refractivity contribution is 0.470. The Hall–Kier alpha value is -1.69. The zero-order valence-corrected chi connectivity index (χ0v) is 12.5. The first kappa shape index (κ1) is 14.7. The topological polar surface area (TPSA) is 74.5 Å². The molecule has 0 spiro atoms. The van der Waals surface area contributed by atoms with Crippen LogP contribution in [-0.2, 0) is 6.54 Å². The largest absolute Gasteiger partial charge is 0.323 e. The summed E-state index contributed by atoms with van der Waals surface area (Å²) >= 11 is 0. The van der Waals surface area contributed by atoms with Gasteiger partial charge in [0.2, 0.25) is 0 Å². The van der Waals surface area contributed by atoms with E-state index in [1.54, 1.807) is 4.68 Å². The molecule has 0 aliphatic carbocycles. The number of nitrogens with zero attached hydrogens (tertiary/aromatic N) is 5. The minimum absolute atomic E-state index is 0.0218. The molecule has 2 N–H and O–H groups in total. The van der Waals surface area contributed by atoms with Gasteiger partial charge in [0.25, 0.3) is 0 Å². The molecular formula is C14H24N6. The molecule has 6 heteroatoms. The van der Waals surface area contributed by atoms with Crippen LogP contribution < -0.4 is 5.73 Å². The molecule has 0 aliphatic rings. The summed E-state index contributed by atoms with van der Waals surface area (Å²) in [5.74, 6) is 0. The van der Waals surface area contributed by atoms with Crippen LogP contribution in [0.5, 0.6) is 0 Å². The first-order valence-electron chi connectivity index (χ1n) is 7.33. The Balaban J connectivity index is 2.01. The molecule has 110 valence electrons. The molecule has 0 amide bonds. The molecular weight excluding hydrogens is 252 g/mol. The van der Waals surface area contributed by atoms with E-state index in [1.165, 1.54) is 0 Å². The summed E-state index contributed by atoms with van der Waals surface area (Å²) in [5.41, 5.74) is 7.88. The molecule has 0 bridgehead atoms. The van der Waals surface area contributed by atoms with E-state index in [1.807, 2.05) is 23.1 Å².